The van der Waals surface area contributed by atoms with Crippen LogP contribution in [0, 0.1) is 62.3 Å². The van der Waals surface area contributed by atoms with E-state index in [9.17, 15) is 9.59 Å². The van der Waals surface area contributed by atoms with Gasteiger partial charge < -0.3 is 9.47 Å². The maximum atomic E-state index is 14.5. The fraction of sp³-hybridized carbons (Fsp3) is 0.444. The van der Waals surface area contributed by atoms with Gasteiger partial charge in [0.25, 0.3) is 0 Å². The minimum Gasteiger partial charge on any atom is -0.370 e. The van der Waals surface area contributed by atoms with E-state index in [0.717, 1.165) is 22.2 Å². The summed E-state index contributed by atoms with van der Waals surface area (Å²) in [4.78, 5) is 31.3. The van der Waals surface area contributed by atoms with Gasteiger partial charge in [0.1, 0.15) is 0 Å². The van der Waals surface area contributed by atoms with E-state index in [4.69, 9.17) is 0 Å². The lowest BCUT2D eigenvalue weighted by Crippen LogP contribution is -2.33. The van der Waals surface area contributed by atoms with Crippen LogP contribution < -0.4 is 4.90 Å². The molecule has 3 aromatic rings. The number of nitrogens with zero attached hydrogens (tertiary/aromatic N) is 2. The predicted octanol–water partition coefficient (Wildman–Crippen LogP) is 7.82. The van der Waals surface area contributed by atoms with E-state index in [2.05, 4.69) is 92.8 Å². The molecule has 0 saturated heterocycles. The Balaban J connectivity index is 1.79. The van der Waals surface area contributed by atoms with E-state index in [0.29, 0.717) is 22.3 Å². The number of rotatable bonds is 2. The number of benzene rings is 2. The van der Waals surface area contributed by atoms with Crippen molar-refractivity contribution in [1.82, 2.24) is 4.57 Å². The first-order valence-electron chi connectivity index (χ1n) is 14.5. The van der Waals surface area contributed by atoms with E-state index in [1.54, 1.807) is 0 Å². The van der Waals surface area contributed by atoms with Gasteiger partial charge in [0.15, 0.2) is 11.6 Å². The number of hydrogen-bond acceptors (Lipinski definition) is 3. The number of carbonyl (C=O) groups excluding carboxylic acids is 2. The number of aryl methyl sites for hydroxylation is 3. The zero-order valence-electron chi connectivity index (χ0n) is 26.9. The molecule has 0 amide bonds. The molecule has 5 rings (SSSR count). The number of carbonyl (C=O) groups is 2. The van der Waals surface area contributed by atoms with E-state index in [-0.39, 0.29) is 23.5 Å². The van der Waals surface area contributed by atoms with E-state index in [1.165, 1.54) is 55.8 Å². The zero-order valence-corrected chi connectivity index (χ0v) is 26.9. The smallest absolute Gasteiger partial charge is 0.190 e. The minimum absolute atomic E-state index is 0.00935. The normalized spacial score (nSPS) is 19.6. The second-order valence-corrected chi connectivity index (χ2v) is 12.5. The predicted molar refractivity (Wildman–Crippen MR) is 168 cm³/mol. The molecule has 0 bridgehead atoms. The van der Waals surface area contributed by atoms with Crippen LogP contribution in [0.3, 0.4) is 0 Å². The van der Waals surface area contributed by atoms with Gasteiger partial charge in [-0.05, 0) is 133 Å². The van der Waals surface area contributed by atoms with Crippen molar-refractivity contribution in [2.75, 3.05) is 11.9 Å². The van der Waals surface area contributed by atoms with Crippen molar-refractivity contribution in [2.24, 2.45) is 7.05 Å². The summed E-state index contributed by atoms with van der Waals surface area (Å²) in [6.45, 7) is 25.4. The standard InChI is InChI=1S/C36H44N2O2/c1-15-17(3)21(7)33-27(19(15)5)31(25(11)37(33)13)29-23(9)36(40)30(24(10)35(29)39)32-26(12)38(14)34-22(8)18(4)16(2)20(6)28(32)34/h25,31H,1-14H3. The first kappa shape index (κ1) is 28.1. The fourth-order valence-corrected chi connectivity index (χ4v) is 7.69. The van der Waals surface area contributed by atoms with E-state index >= 15 is 0 Å². The number of likely N-dealkylation sites (N-methyl/N-ethyl adjacent to an activating group) is 1. The highest BCUT2D eigenvalue weighted by Crippen LogP contribution is 2.52. The van der Waals surface area contributed by atoms with Gasteiger partial charge in [-0.25, -0.2) is 0 Å². The van der Waals surface area contributed by atoms with Crippen molar-refractivity contribution < 1.29 is 9.59 Å². The number of ketones is 2. The molecule has 1 aliphatic carbocycles. The van der Waals surface area contributed by atoms with Gasteiger partial charge in [-0.1, -0.05) is 0 Å². The first-order chi connectivity index (χ1) is 18.6. The SMILES string of the molecule is CC1=C(c2c(C)n(C)c3c(C)c(C)c(C)c(C)c23)C(=O)C(C)=C(C2c3c(C)c(C)c(C)c(C)c3N(C)C2C)C1=O. The number of fused-ring (bicyclic) bond motifs is 2. The van der Waals surface area contributed by atoms with Crippen molar-refractivity contribution in [2.45, 2.75) is 95.0 Å². The summed E-state index contributed by atoms with van der Waals surface area (Å²) < 4.78 is 2.20. The summed E-state index contributed by atoms with van der Waals surface area (Å²) >= 11 is 0. The molecule has 2 heterocycles. The molecule has 2 atom stereocenters. The van der Waals surface area contributed by atoms with Gasteiger partial charge >= 0.3 is 0 Å². The highest BCUT2D eigenvalue weighted by molar-refractivity contribution is 6.41. The maximum Gasteiger partial charge on any atom is 0.190 e. The number of aromatic nitrogens is 1. The molecule has 0 spiro atoms. The van der Waals surface area contributed by atoms with Crippen molar-refractivity contribution >= 4 is 33.7 Å². The lowest BCUT2D eigenvalue weighted by atomic mass is 9.73. The van der Waals surface area contributed by atoms with Crippen LogP contribution in [0.2, 0.25) is 0 Å². The Bertz CT molecular complexity index is 1770. The Morgan fingerprint density at radius 1 is 0.600 bits per heavy atom. The number of Topliss-reactive ketones (excluding diaryl/α,β-unsaturated/α-hetero) is 2. The summed E-state index contributed by atoms with van der Waals surface area (Å²) in [7, 11) is 4.20. The molecule has 2 aromatic carbocycles. The van der Waals surface area contributed by atoms with Crippen molar-refractivity contribution in [3.05, 3.63) is 78.0 Å². The molecule has 2 unspecified atom stereocenters. The molecule has 0 radical (unpaired) electrons. The molecular weight excluding hydrogens is 492 g/mol. The van der Waals surface area contributed by atoms with Crippen molar-refractivity contribution in [3.8, 4) is 0 Å². The highest BCUT2D eigenvalue weighted by atomic mass is 16.1. The molecule has 1 aliphatic heterocycles. The number of allylic oxidation sites excluding steroid dienone is 3. The lowest BCUT2D eigenvalue weighted by Gasteiger charge is -2.29. The van der Waals surface area contributed by atoms with Gasteiger partial charge in [0, 0.05) is 70.7 Å². The Hall–Kier alpha value is -3.40. The molecule has 4 heteroatoms. The first-order valence-corrected chi connectivity index (χ1v) is 14.5. The Morgan fingerprint density at radius 3 is 1.73 bits per heavy atom. The van der Waals surface area contributed by atoms with E-state index in [1.807, 2.05) is 13.8 Å². The van der Waals surface area contributed by atoms with Gasteiger partial charge in [0.2, 0.25) is 0 Å². The third-order valence-electron chi connectivity index (χ3n) is 11.1. The van der Waals surface area contributed by atoms with Gasteiger partial charge in [-0.3, -0.25) is 9.59 Å². The highest BCUT2D eigenvalue weighted by Gasteiger charge is 2.45. The van der Waals surface area contributed by atoms with Crippen LogP contribution in [0.15, 0.2) is 16.7 Å². The molecule has 0 saturated carbocycles. The second kappa shape index (κ2) is 9.06. The third kappa shape index (κ3) is 3.31. The molecule has 1 aromatic heterocycles. The zero-order chi connectivity index (χ0) is 29.9. The molecule has 210 valence electrons. The number of anilines is 1. The van der Waals surface area contributed by atoms with Gasteiger partial charge in [-0.2, -0.15) is 0 Å². The Labute approximate surface area is 239 Å². The average molecular weight is 537 g/mol. The molecule has 0 N–H and O–H groups in total. The fourth-order valence-electron chi connectivity index (χ4n) is 7.69. The van der Waals surface area contributed by atoms with Crippen LogP contribution in [0.1, 0.15) is 88.0 Å². The average Bonchev–Trinajstić information content (AvgIpc) is 3.33. The van der Waals surface area contributed by atoms with Crippen LogP contribution in [0.25, 0.3) is 16.5 Å². The molecular formula is C36H44N2O2. The number of hydrogen-bond donors (Lipinski definition) is 0. The summed E-state index contributed by atoms with van der Waals surface area (Å²) in [5.41, 5.74) is 17.9. The minimum atomic E-state index is -0.145. The molecule has 4 nitrogen and oxygen atoms in total. The summed E-state index contributed by atoms with van der Waals surface area (Å²) in [5.74, 6) is -0.150. The van der Waals surface area contributed by atoms with Gasteiger partial charge in [0.05, 0.1) is 5.52 Å². The summed E-state index contributed by atoms with van der Waals surface area (Å²) in [6, 6.07) is 0.0689. The van der Waals surface area contributed by atoms with Crippen LogP contribution in [-0.4, -0.2) is 29.2 Å². The maximum absolute atomic E-state index is 14.5. The largest absolute Gasteiger partial charge is 0.370 e. The van der Waals surface area contributed by atoms with Crippen LogP contribution in [-0.2, 0) is 16.6 Å². The molecule has 2 aliphatic rings. The third-order valence-corrected chi connectivity index (χ3v) is 11.1. The van der Waals surface area contributed by atoms with Crippen molar-refractivity contribution in [3.63, 3.8) is 0 Å². The van der Waals surface area contributed by atoms with Crippen LogP contribution >= 0.6 is 0 Å². The van der Waals surface area contributed by atoms with Crippen molar-refractivity contribution in [1.29, 1.82) is 0 Å². The Kier molecular flexibility index (Phi) is 6.37. The van der Waals surface area contributed by atoms with Crippen LogP contribution in [0.5, 0.6) is 0 Å². The van der Waals surface area contributed by atoms with E-state index < -0.39 is 0 Å². The molecule has 40 heavy (non-hydrogen) atoms. The molecule has 0 fully saturated rings. The Morgan fingerprint density at radius 2 is 1.12 bits per heavy atom. The van der Waals surface area contributed by atoms with Gasteiger partial charge in [-0.15, -0.1) is 0 Å². The summed E-state index contributed by atoms with van der Waals surface area (Å²) in [5, 5.41) is 1.10. The monoisotopic (exact) mass is 536 g/mol. The van der Waals surface area contributed by atoms with Crippen LogP contribution in [0.4, 0.5) is 5.69 Å². The summed E-state index contributed by atoms with van der Waals surface area (Å²) in [6.07, 6.45) is 0. The quantitative estimate of drug-likeness (QED) is 0.314. The lowest BCUT2D eigenvalue weighted by molar-refractivity contribution is -0.115. The second-order valence-electron chi connectivity index (χ2n) is 12.5. The topological polar surface area (TPSA) is 42.3 Å².